The van der Waals surface area contributed by atoms with E-state index in [0.29, 0.717) is 69.6 Å². The van der Waals surface area contributed by atoms with Crippen LogP contribution in [0.4, 0.5) is 9.59 Å². The Bertz CT molecular complexity index is 3840. The number of hydrogen-bond donors (Lipinski definition) is 2. The molecule has 22 heteroatoms. The minimum atomic E-state index is -1.34. The van der Waals surface area contributed by atoms with Crippen LogP contribution in [0, 0.1) is 36.5 Å². The lowest BCUT2D eigenvalue weighted by molar-refractivity contribution is -0.716. The quantitative estimate of drug-likeness (QED) is 0.0237. The highest BCUT2D eigenvalue weighted by Gasteiger charge is 2.38. The maximum atomic E-state index is 13.3. The van der Waals surface area contributed by atoms with Crippen LogP contribution in [0.1, 0.15) is 111 Å². The standard InChI is InChI=1S/2C33H42N4O6Si/c1-21-16-27(40-5)29(23-12-13-36(30(21)23)32(39)43-33(2,3)4)24(18-28(38)41-6)31-35-25-17-22(19-34)10-11-26(25)37(31)20-42-14-15-44(7,8)9;1-21-16-27(40-5)29(23-12-13-36(30(21)23)32(39)43-33(2,3)4)24(18-28(38)41-6)31-35-25-11-10-22(19-34)17-26(25)37(31)20-42-14-15-44(7,8)9/h2*10-13,16-17,24H,14-15,18,20H2,1-9H3/p+2. The number of nitrogens with one attached hydrogen (secondary N) is 2. The van der Waals surface area contributed by atoms with Gasteiger partial charge in [-0.3, -0.25) is 18.7 Å². The molecular formula is C66H86N8O12Si2+2. The lowest BCUT2D eigenvalue weighted by Crippen LogP contribution is -2.41. The zero-order chi connectivity index (χ0) is 64.8. The molecule has 0 fully saturated rings. The van der Waals surface area contributed by atoms with Crippen molar-refractivity contribution in [1.82, 2.24) is 19.1 Å². The number of aryl methyl sites for hydroxylation is 2. The zero-order valence-corrected chi connectivity index (χ0v) is 56.3. The minimum Gasteiger partial charge on any atom is -0.496 e. The molecule has 0 aliphatic carbocycles. The Hall–Kier alpha value is -8.29. The SMILES string of the molecule is COC(=O)CC(c1c(OC)cc(C)c2c1ccn2C(=O)OC(C)(C)C)c1[nH]c2cc(C#N)ccc2[n+]1COCC[Si](C)(C)C.COC(=O)CC(c1c(OC)cc(C)c2c1ccn2C(=O)OC(C)(C)C)c1[nH]c2ccc(C#N)cc2[n+]1COCC[Si](C)(C)C. The van der Waals surface area contributed by atoms with E-state index in [1.807, 2.05) is 107 Å². The van der Waals surface area contributed by atoms with Crippen LogP contribution < -0.4 is 18.6 Å². The van der Waals surface area contributed by atoms with Gasteiger partial charge in [0.05, 0.1) is 75.6 Å². The minimum absolute atomic E-state index is 0.0184. The first-order valence-corrected chi connectivity index (χ1v) is 36.8. The molecule has 0 saturated carbocycles. The molecule has 2 unspecified atom stereocenters. The van der Waals surface area contributed by atoms with Crippen LogP contribution in [0.2, 0.25) is 51.4 Å². The number of fused-ring (bicyclic) bond motifs is 4. The molecule has 4 aromatic heterocycles. The van der Waals surface area contributed by atoms with Crippen LogP contribution in [0.3, 0.4) is 0 Å². The van der Waals surface area contributed by atoms with Crippen molar-refractivity contribution in [2.24, 2.45) is 0 Å². The van der Waals surface area contributed by atoms with Crippen molar-refractivity contribution in [3.63, 3.8) is 0 Å². The van der Waals surface area contributed by atoms with Gasteiger partial charge in [0.1, 0.15) is 34.5 Å². The average Bonchev–Trinajstić information content (AvgIpc) is 1.67. The molecule has 468 valence electrons. The Morgan fingerprint density at radius 2 is 0.977 bits per heavy atom. The summed E-state index contributed by atoms with van der Waals surface area (Å²) in [5.74, 6) is 0.479. The second-order valence-corrected chi connectivity index (χ2v) is 37.6. The summed E-state index contributed by atoms with van der Waals surface area (Å²) in [6, 6.07) is 24.7. The number of esters is 2. The molecule has 0 radical (unpaired) electrons. The first kappa shape index (κ1) is 67.2. The summed E-state index contributed by atoms with van der Waals surface area (Å²) in [5.41, 5.74) is 7.13. The summed E-state index contributed by atoms with van der Waals surface area (Å²) in [4.78, 5) is 59.5. The molecule has 4 aromatic carbocycles. The van der Waals surface area contributed by atoms with Crippen LogP contribution in [-0.2, 0) is 51.5 Å². The number of rotatable bonds is 20. The molecule has 0 aliphatic heterocycles. The fraction of sp³-hybridized carbons (Fsp3) is 0.455. The lowest BCUT2D eigenvalue weighted by Gasteiger charge is -2.21. The van der Waals surface area contributed by atoms with Crippen molar-refractivity contribution in [3.05, 3.63) is 118 Å². The molecule has 4 heterocycles. The molecule has 8 rings (SSSR count). The molecule has 2 atom stereocenters. The van der Waals surface area contributed by atoms with Crippen LogP contribution in [0.5, 0.6) is 11.5 Å². The number of carbonyl (C=O) groups is 4. The molecule has 8 aromatic rings. The molecule has 0 bridgehead atoms. The van der Waals surface area contributed by atoms with Gasteiger partial charge in [-0.1, -0.05) is 39.3 Å². The van der Waals surface area contributed by atoms with Crippen molar-refractivity contribution < 1.29 is 66.2 Å². The topological polar surface area (TPSA) is 239 Å². The molecule has 0 saturated heterocycles. The van der Waals surface area contributed by atoms with Crippen LogP contribution in [0.15, 0.2) is 73.1 Å². The van der Waals surface area contributed by atoms with Gasteiger partial charge in [0.15, 0.2) is 35.5 Å². The Morgan fingerprint density at radius 1 is 0.568 bits per heavy atom. The van der Waals surface area contributed by atoms with Gasteiger partial charge >= 0.3 is 24.1 Å². The summed E-state index contributed by atoms with van der Waals surface area (Å²) in [6.45, 7) is 30.2. The summed E-state index contributed by atoms with van der Waals surface area (Å²) in [5, 5.41) is 20.7. The van der Waals surface area contributed by atoms with Gasteiger partial charge in [-0.2, -0.15) is 10.5 Å². The monoisotopic (exact) mass is 1240 g/mol. The lowest BCUT2D eigenvalue weighted by atomic mass is 9.89. The van der Waals surface area contributed by atoms with Crippen molar-refractivity contribution in [1.29, 1.82) is 10.5 Å². The van der Waals surface area contributed by atoms with E-state index in [2.05, 4.69) is 61.4 Å². The average molecular weight is 1240 g/mol. The van der Waals surface area contributed by atoms with E-state index in [-0.39, 0.29) is 26.3 Å². The third-order valence-corrected chi connectivity index (χ3v) is 18.3. The fourth-order valence-corrected chi connectivity index (χ4v) is 12.2. The van der Waals surface area contributed by atoms with Gasteiger partial charge in [-0.25, -0.2) is 28.7 Å². The van der Waals surface area contributed by atoms with Gasteiger partial charge < -0.3 is 37.9 Å². The number of nitrogens with zero attached hydrogens (tertiary/aromatic N) is 6. The molecule has 0 aliphatic rings. The number of ether oxygens (including phenoxy) is 8. The largest absolute Gasteiger partial charge is 0.496 e. The molecule has 0 spiro atoms. The van der Waals surface area contributed by atoms with Crippen molar-refractivity contribution in [2.45, 2.75) is 156 Å². The van der Waals surface area contributed by atoms with Crippen LogP contribution >= 0.6 is 0 Å². The summed E-state index contributed by atoms with van der Waals surface area (Å²) >= 11 is 0. The number of nitriles is 2. The predicted octanol–water partition coefficient (Wildman–Crippen LogP) is 12.8. The van der Waals surface area contributed by atoms with Gasteiger partial charge in [-0.15, -0.1) is 0 Å². The summed E-state index contributed by atoms with van der Waals surface area (Å²) in [7, 11) is 3.23. The molecule has 88 heavy (non-hydrogen) atoms. The van der Waals surface area contributed by atoms with Crippen LogP contribution in [-0.4, -0.2) is 112 Å². The van der Waals surface area contributed by atoms with Gasteiger partial charge in [-0.05, 0) is 127 Å². The maximum absolute atomic E-state index is 13.3. The second-order valence-electron chi connectivity index (χ2n) is 26.4. The number of aromatic nitrogens is 6. The summed E-state index contributed by atoms with van der Waals surface area (Å²) < 4.78 is 53.0. The summed E-state index contributed by atoms with van der Waals surface area (Å²) in [6.07, 6.45) is 2.32. The maximum Gasteiger partial charge on any atom is 0.419 e. The van der Waals surface area contributed by atoms with Gasteiger partial charge in [0.25, 0.3) is 11.6 Å². The highest BCUT2D eigenvalue weighted by Crippen LogP contribution is 2.43. The molecule has 0 amide bonds. The van der Waals surface area contributed by atoms with Crippen LogP contribution in [0.25, 0.3) is 43.9 Å². The van der Waals surface area contributed by atoms with E-state index < -0.39 is 63.3 Å². The first-order chi connectivity index (χ1) is 41.3. The molecule has 20 nitrogen and oxygen atoms in total. The van der Waals surface area contributed by atoms with Crippen molar-refractivity contribution in [2.75, 3.05) is 41.7 Å². The smallest absolute Gasteiger partial charge is 0.419 e. The second kappa shape index (κ2) is 27.4. The fourth-order valence-electron chi connectivity index (χ4n) is 10.6. The number of aromatic amines is 2. The highest BCUT2D eigenvalue weighted by molar-refractivity contribution is 6.76. The number of imidazole rings is 2. The van der Waals surface area contributed by atoms with E-state index in [1.165, 1.54) is 23.4 Å². The van der Waals surface area contributed by atoms with E-state index in [9.17, 15) is 29.7 Å². The highest BCUT2D eigenvalue weighted by atomic mass is 28.3. The Labute approximate surface area is 517 Å². The third kappa shape index (κ3) is 15.9. The Morgan fingerprint density at radius 3 is 1.38 bits per heavy atom. The van der Waals surface area contributed by atoms with Gasteiger partial charge in [0.2, 0.25) is 0 Å². The number of hydrogen-bond acceptors (Lipinski definition) is 14. The number of carbonyl (C=O) groups excluding carboxylic acids is 4. The Balaban J connectivity index is 0.000000251. The molecular weight excluding hydrogens is 1150 g/mol. The normalized spacial score (nSPS) is 12.7. The zero-order valence-electron chi connectivity index (χ0n) is 54.3. The van der Waals surface area contributed by atoms with Crippen molar-refractivity contribution >= 4 is 84.1 Å². The van der Waals surface area contributed by atoms with E-state index in [0.717, 1.165) is 56.1 Å². The Kier molecular flexibility index (Phi) is 20.9. The van der Waals surface area contributed by atoms with Crippen molar-refractivity contribution in [3.8, 4) is 23.6 Å². The predicted molar refractivity (Wildman–Crippen MR) is 341 cm³/mol. The first-order valence-electron chi connectivity index (χ1n) is 29.4. The number of methoxy groups -OCH3 is 4. The molecule has 2 N–H and O–H groups in total. The van der Waals surface area contributed by atoms with E-state index in [4.69, 9.17) is 37.9 Å². The van der Waals surface area contributed by atoms with E-state index >= 15 is 0 Å². The van der Waals surface area contributed by atoms with Gasteiger partial charge in [0, 0.05) is 75.8 Å². The number of benzene rings is 4. The third-order valence-electron chi connectivity index (χ3n) is 14.9. The van der Waals surface area contributed by atoms with E-state index in [1.54, 1.807) is 44.8 Å². The number of H-pyrrole nitrogens is 2.